The van der Waals surface area contributed by atoms with E-state index in [4.69, 9.17) is 9.84 Å². The number of carboxylic acid groups (broad SMARTS) is 1. The third kappa shape index (κ3) is 5.64. The number of carbonyl (C=O) groups is 1. The molecule has 0 aliphatic carbocycles. The molecule has 0 saturated carbocycles. The van der Waals surface area contributed by atoms with E-state index in [1.165, 1.54) is 0 Å². The van der Waals surface area contributed by atoms with Crippen LogP contribution in [0.25, 0.3) is 10.9 Å². The van der Waals surface area contributed by atoms with Gasteiger partial charge >= 0.3 is 5.97 Å². The minimum atomic E-state index is -0.857. The van der Waals surface area contributed by atoms with Crippen molar-refractivity contribution >= 4 is 16.9 Å². The zero-order chi connectivity index (χ0) is 21.7. The summed E-state index contributed by atoms with van der Waals surface area (Å²) in [5.41, 5.74) is 3.21. The summed E-state index contributed by atoms with van der Waals surface area (Å²) >= 11 is 0. The van der Waals surface area contributed by atoms with Gasteiger partial charge in [-0.15, -0.1) is 5.92 Å². The van der Waals surface area contributed by atoms with Crippen molar-refractivity contribution < 1.29 is 14.6 Å². The Balaban J connectivity index is 1.70. The van der Waals surface area contributed by atoms with Crippen LogP contribution in [0.5, 0.6) is 5.75 Å². The average molecular weight is 405 g/mol. The molecule has 0 bridgehead atoms. The van der Waals surface area contributed by atoms with E-state index >= 15 is 0 Å². The normalized spacial score (nSPS) is 12.3. The van der Waals surface area contributed by atoms with Crippen LogP contribution in [0, 0.1) is 17.3 Å². The van der Waals surface area contributed by atoms with Crippen LogP contribution in [0.15, 0.2) is 48.7 Å². The summed E-state index contributed by atoms with van der Waals surface area (Å²) in [7, 11) is 0. The lowest BCUT2D eigenvalue weighted by molar-refractivity contribution is -0.137. The van der Waals surface area contributed by atoms with Crippen molar-refractivity contribution in [3.63, 3.8) is 0 Å². The number of rotatable bonds is 7. The summed E-state index contributed by atoms with van der Waals surface area (Å²) in [5, 5.41) is 14.7. The van der Waals surface area contributed by atoms with Gasteiger partial charge in [-0.1, -0.05) is 51.0 Å². The Morgan fingerprint density at radius 2 is 1.93 bits per heavy atom. The van der Waals surface area contributed by atoms with E-state index in [2.05, 4.69) is 55.9 Å². The van der Waals surface area contributed by atoms with Gasteiger partial charge in [0.1, 0.15) is 12.4 Å². The number of benzene rings is 2. The van der Waals surface area contributed by atoms with Crippen LogP contribution in [-0.2, 0) is 17.9 Å². The molecule has 0 amide bonds. The minimum Gasteiger partial charge on any atom is -0.489 e. The van der Waals surface area contributed by atoms with Crippen LogP contribution >= 0.6 is 0 Å². The van der Waals surface area contributed by atoms with Crippen molar-refractivity contribution in [1.82, 2.24) is 9.78 Å². The molecule has 0 fully saturated rings. The van der Waals surface area contributed by atoms with Crippen LogP contribution in [0.3, 0.4) is 0 Å². The van der Waals surface area contributed by atoms with Gasteiger partial charge in [-0.2, -0.15) is 5.10 Å². The summed E-state index contributed by atoms with van der Waals surface area (Å²) in [6.07, 6.45) is 1.89. The smallest absolute Gasteiger partial charge is 0.304 e. The quantitative estimate of drug-likeness (QED) is 0.547. The predicted molar refractivity (Wildman–Crippen MR) is 118 cm³/mol. The van der Waals surface area contributed by atoms with Gasteiger partial charge in [-0.25, -0.2) is 0 Å². The fourth-order valence-corrected chi connectivity index (χ4v) is 3.35. The standard InChI is InChI=1S/C25H28N2O3/c1-5-6-20(14-24(28)29)19-9-11-22(12-10-19)30-16-18-7-8-21-15-26-27(23(21)13-18)17-25(2,3)4/h7-13,15,20H,14,16-17H2,1-4H3,(H,28,29). The Kier molecular flexibility index (Phi) is 6.47. The second kappa shape index (κ2) is 9.04. The first-order valence-electron chi connectivity index (χ1n) is 10.1. The molecule has 30 heavy (non-hydrogen) atoms. The molecule has 1 atom stereocenters. The Bertz CT molecular complexity index is 1080. The molecule has 1 aromatic heterocycles. The molecule has 1 heterocycles. The lowest BCUT2D eigenvalue weighted by Gasteiger charge is -2.18. The van der Waals surface area contributed by atoms with E-state index in [-0.39, 0.29) is 17.8 Å². The van der Waals surface area contributed by atoms with Crippen LogP contribution < -0.4 is 4.74 Å². The number of hydrogen-bond acceptors (Lipinski definition) is 3. The van der Waals surface area contributed by atoms with Gasteiger partial charge in [0.05, 0.1) is 24.1 Å². The van der Waals surface area contributed by atoms with E-state index in [1.807, 2.05) is 35.1 Å². The molecule has 5 nitrogen and oxygen atoms in total. The first kappa shape index (κ1) is 21.4. The molecule has 1 N–H and O–H groups in total. The maximum atomic E-state index is 11.1. The van der Waals surface area contributed by atoms with Crippen molar-refractivity contribution in [3.8, 4) is 17.6 Å². The molecule has 2 aromatic carbocycles. The topological polar surface area (TPSA) is 64.3 Å². The SMILES string of the molecule is CC#CC(CC(=O)O)c1ccc(OCc2ccc3cnn(CC(C)(C)C)c3c2)cc1. The highest BCUT2D eigenvalue weighted by Gasteiger charge is 2.15. The molecule has 3 rings (SSSR count). The Morgan fingerprint density at radius 3 is 2.57 bits per heavy atom. The average Bonchev–Trinajstić information content (AvgIpc) is 3.06. The van der Waals surface area contributed by atoms with Crippen LogP contribution in [0.1, 0.15) is 51.2 Å². The fourth-order valence-electron chi connectivity index (χ4n) is 3.35. The van der Waals surface area contributed by atoms with Crippen LogP contribution in [0.4, 0.5) is 0 Å². The van der Waals surface area contributed by atoms with E-state index in [0.717, 1.165) is 34.3 Å². The highest BCUT2D eigenvalue weighted by Crippen LogP contribution is 2.24. The maximum absolute atomic E-state index is 11.1. The fraction of sp³-hybridized carbons (Fsp3) is 0.360. The molecule has 3 aromatic rings. The Hall–Kier alpha value is -3.26. The van der Waals surface area contributed by atoms with Crippen LogP contribution in [0.2, 0.25) is 0 Å². The third-order valence-electron chi connectivity index (χ3n) is 4.72. The molecule has 156 valence electrons. The molecule has 0 saturated heterocycles. The number of fused-ring (bicyclic) bond motifs is 1. The number of aromatic nitrogens is 2. The number of nitrogens with zero attached hydrogens (tertiary/aromatic N) is 2. The van der Waals surface area contributed by atoms with Gasteiger partial charge in [-0.3, -0.25) is 9.48 Å². The van der Waals surface area contributed by atoms with Crippen molar-refractivity contribution in [2.45, 2.75) is 53.2 Å². The summed E-state index contributed by atoms with van der Waals surface area (Å²) in [6, 6.07) is 13.8. The summed E-state index contributed by atoms with van der Waals surface area (Å²) in [6.45, 7) is 9.61. The van der Waals surface area contributed by atoms with E-state index in [1.54, 1.807) is 6.92 Å². The van der Waals surface area contributed by atoms with Gasteiger partial charge in [-0.05, 0) is 41.7 Å². The Labute approximate surface area is 177 Å². The number of aliphatic carboxylic acids is 1. The summed E-state index contributed by atoms with van der Waals surface area (Å²) in [5.74, 6) is 5.34. The second-order valence-electron chi connectivity index (χ2n) is 8.66. The van der Waals surface area contributed by atoms with Crippen molar-refractivity contribution in [1.29, 1.82) is 0 Å². The Morgan fingerprint density at radius 1 is 1.20 bits per heavy atom. The van der Waals surface area contributed by atoms with Crippen molar-refractivity contribution in [2.24, 2.45) is 5.41 Å². The molecule has 0 radical (unpaired) electrons. The zero-order valence-corrected chi connectivity index (χ0v) is 18.0. The van der Waals surface area contributed by atoms with Crippen LogP contribution in [-0.4, -0.2) is 20.9 Å². The highest BCUT2D eigenvalue weighted by molar-refractivity contribution is 5.79. The molecule has 0 spiro atoms. The van der Waals surface area contributed by atoms with E-state index in [0.29, 0.717) is 6.61 Å². The largest absolute Gasteiger partial charge is 0.489 e. The van der Waals surface area contributed by atoms with Crippen molar-refractivity contribution in [2.75, 3.05) is 0 Å². The van der Waals surface area contributed by atoms with Gasteiger partial charge in [0, 0.05) is 11.9 Å². The number of ether oxygens (including phenoxy) is 1. The van der Waals surface area contributed by atoms with Gasteiger partial charge in [0.15, 0.2) is 0 Å². The molecular formula is C25H28N2O3. The van der Waals surface area contributed by atoms with Crippen molar-refractivity contribution in [3.05, 3.63) is 59.8 Å². The number of hydrogen-bond donors (Lipinski definition) is 1. The number of carboxylic acids is 1. The zero-order valence-electron chi connectivity index (χ0n) is 18.0. The second-order valence-corrected chi connectivity index (χ2v) is 8.66. The summed E-state index contributed by atoms with van der Waals surface area (Å²) < 4.78 is 8.00. The van der Waals surface area contributed by atoms with E-state index in [9.17, 15) is 4.79 Å². The molecule has 0 aliphatic heterocycles. The monoisotopic (exact) mass is 404 g/mol. The van der Waals surface area contributed by atoms with Gasteiger partial charge in [0.25, 0.3) is 0 Å². The predicted octanol–water partition coefficient (Wildman–Crippen LogP) is 5.24. The van der Waals surface area contributed by atoms with Gasteiger partial charge < -0.3 is 9.84 Å². The molecule has 1 unspecified atom stereocenters. The first-order valence-corrected chi connectivity index (χ1v) is 10.1. The van der Waals surface area contributed by atoms with Gasteiger partial charge in [0.2, 0.25) is 0 Å². The molecular weight excluding hydrogens is 376 g/mol. The summed E-state index contributed by atoms with van der Waals surface area (Å²) in [4.78, 5) is 11.1. The molecule has 5 heteroatoms. The lowest BCUT2D eigenvalue weighted by atomic mass is 9.96. The van der Waals surface area contributed by atoms with E-state index < -0.39 is 5.97 Å². The first-order chi connectivity index (χ1) is 14.2. The highest BCUT2D eigenvalue weighted by atomic mass is 16.5. The minimum absolute atomic E-state index is 0.0106. The molecule has 0 aliphatic rings. The maximum Gasteiger partial charge on any atom is 0.304 e. The lowest BCUT2D eigenvalue weighted by Crippen LogP contribution is -2.16. The third-order valence-corrected chi connectivity index (χ3v) is 4.72.